The Morgan fingerprint density at radius 2 is 1.91 bits per heavy atom. The molecule has 2 N–H and O–H groups in total. The number of rotatable bonds is 4. The van der Waals surface area contributed by atoms with Crippen molar-refractivity contribution < 1.29 is 19.5 Å². The minimum absolute atomic E-state index is 0.0470. The monoisotopic (exact) mass is 465 g/mol. The van der Waals surface area contributed by atoms with Crippen LogP contribution in [0.2, 0.25) is 0 Å². The summed E-state index contributed by atoms with van der Waals surface area (Å²) in [7, 11) is 1.72. The number of amides is 3. The maximum Gasteiger partial charge on any atom is 0.256 e. The van der Waals surface area contributed by atoms with E-state index >= 15 is 0 Å². The molecule has 0 aliphatic carbocycles. The van der Waals surface area contributed by atoms with Crippen molar-refractivity contribution in [2.24, 2.45) is 7.05 Å². The number of imide groups is 1. The third kappa shape index (κ3) is 4.03. The highest BCUT2D eigenvalue weighted by atomic mass is 16.3. The van der Waals surface area contributed by atoms with E-state index in [1.807, 2.05) is 6.07 Å². The van der Waals surface area contributed by atoms with Crippen LogP contribution in [0.3, 0.4) is 0 Å². The number of nitrogens with zero attached hydrogens (tertiary/aromatic N) is 4. The van der Waals surface area contributed by atoms with Gasteiger partial charge in [-0.3, -0.25) is 34.4 Å². The summed E-state index contributed by atoms with van der Waals surface area (Å²) in [6.07, 6.45) is 3.21. The lowest BCUT2D eigenvalue weighted by atomic mass is 9.87. The molecule has 2 saturated heterocycles. The molecule has 2 fully saturated rings. The average molecular weight is 466 g/mol. The van der Waals surface area contributed by atoms with Gasteiger partial charge in [0.15, 0.2) is 0 Å². The van der Waals surface area contributed by atoms with Crippen molar-refractivity contribution >= 4 is 17.7 Å². The predicted octanol–water partition coefficient (Wildman–Crippen LogP) is 0.0249. The van der Waals surface area contributed by atoms with E-state index in [4.69, 9.17) is 0 Å². The average Bonchev–Trinajstić information content (AvgIpc) is 3.13. The molecule has 0 spiro atoms. The normalized spacial score (nSPS) is 22.6. The fraction of sp³-hybridized carbons (Fsp3) is 0.458. The lowest BCUT2D eigenvalue weighted by Gasteiger charge is -2.38. The molecular weight excluding hydrogens is 438 g/mol. The summed E-state index contributed by atoms with van der Waals surface area (Å²) in [6.45, 7) is 2.11. The number of aryl methyl sites for hydroxylation is 1. The summed E-state index contributed by atoms with van der Waals surface area (Å²) in [6, 6.07) is 6.24. The lowest BCUT2D eigenvalue weighted by Crippen LogP contribution is -2.52. The van der Waals surface area contributed by atoms with E-state index in [2.05, 4.69) is 15.2 Å². The van der Waals surface area contributed by atoms with Crippen molar-refractivity contribution in [3.05, 3.63) is 63.3 Å². The molecule has 3 aliphatic heterocycles. The van der Waals surface area contributed by atoms with Gasteiger partial charge < -0.3 is 14.6 Å². The van der Waals surface area contributed by atoms with Crippen LogP contribution in [0, 0.1) is 0 Å². The molecule has 1 atom stereocenters. The summed E-state index contributed by atoms with van der Waals surface area (Å²) in [5.41, 5.74) is 1.29. The highest BCUT2D eigenvalue weighted by Crippen LogP contribution is 2.34. The van der Waals surface area contributed by atoms with Gasteiger partial charge in [0.1, 0.15) is 11.6 Å². The summed E-state index contributed by atoms with van der Waals surface area (Å²) in [5.74, 6) is -1.06. The fourth-order valence-electron chi connectivity index (χ4n) is 4.98. The van der Waals surface area contributed by atoms with Crippen LogP contribution >= 0.6 is 0 Å². The molecule has 0 aromatic carbocycles. The zero-order valence-electron chi connectivity index (χ0n) is 19.0. The molecule has 10 heteroatoms. The quantitative estimate of drug-likeness (QED) is 0.610. The van der Waals surface area contributed by atoms with E-state index in [9.17, 15) is 24.3 Å². The summed E-state index contributed by atoms with van der Waals surface area (Å²) < 4.78 is 1.53. The number of carbonyl (C=O) groups excluding carboxylic acids is 3. The van der Waals surface area contributed by atoms with Gasteiger partial charge in [0.2, 0.25) is 11.8 Å². The number of aliphatic hydroxyl groups is 1. The molecule has 2 aromatic rings. The van der Waals surface area contributed by atoms with Crippen LogP contribution in [-0.4, -0.2) is 61.3 Å². The second-order valence-corrected chi connectivity index (χ2v) is 9.38. The van der Waals surface area contributed by atoms with E-state index in [1.165, 1.54) is 9.47 Å². The smallest absolute Gasteiger partial charge is 0.256 e. The van der Waals surface area contributed by atoms with Crippen LogP contribution in [0.5, 0.6) is 0 Å². The Kier molecular flexibility index (Phi) is 5.57. The molecule has 0 saturated carbocycles. The second-order valence-electron chi connectivity index (χ2n) is 9.38. The number of likely N-dealkylation sites (tertiary alicyclic amines) is 1. The molecule has 2 aromatic heterocycles. The topological polar surface area (TPSA) is 125 Å². The molecule has 5 heterocycles. The summed E-state index contributed by atoms with van der Waals surface area (Å²) in [5, 5.41) is 13.6. The number of nitrogens with one attached hydrogen (secondary N) is 1. The third-order valence-corrected chi connectivity index (χ3v) is 7.11. The van der Waals surface area contributed by atoms with Crippen LogP contribution in [0.15, 0.2) is 35.3 Å². The molecule has 178 valence electrons. The van der Waals surface area contributed by atoms with Gasteiger partial charge in [-0.05, 0) is 43.0 Å². The Labute approximate surface area is 196 Å². The van der Waals surface area contributed by atoms with Gasteiger partial charge in [0.25, 0.3) is 11.5 Å². The van der Waals surface area contributed by atoms with E-state index in [0.717, 1.165) is 5.56 Å². The van der Waals surface area contributed by atoms with Gasteiger partial charge >= 0.3 is 0 Å². The van der Waals surface area contributed by atoms with Crippen molar-refractivity contribution in [3.63, 3.8) is 0 Å². The molecule has 1 unspecified atom stereocenters. The zero-order chi connectivity index (χ0) is 24.0. The Morgan fingerprint density at radius 3 is 2.62 bits per heavy atom. The van der Waals surface area contributed by atoms with Crippen molar-refractivity contribution in [1.29, 1.82) is 0 Å². The number of fused-ring (bicyclic) bond motifs is 1. The van der Waals surface area contributed by atoms with E-state index < -0.39 is 17.6 Å². The maximum atomic E-state index is 12.9. The number of carbonyl (C=O) groups is 3. The van der Waals surface area contributed by atoms with Crippen molar-refractivity contribution in [2.45, 2.75) is 50.4 Å². The van der Waals surface area contributed by atoms with Crippen LogP contribution in [-0.2, 0) is 35.3 Å². The Hall–Kier alpha value is -3.37. The minimum Gasteiger partial charge on any atom is -0.383 e. The van der Waals surface area contributed by atoms with Crippen molar-refractivity contribution in [1.82, 2.24) is 24.7 Å². The highest BCUT2D eigenvalue weighted by Gasteiger charge is 2.41. The first kappa shape index (κ1) is 22.4. The van der Waals surface area contributed by atoms with Gasteiger partial charge in [0.05, 0.1) is 23.5 Å². The molecule has 3 aliphatic rings. The van der Waals surface area contributed by atoms with E-state index in [0.29, 0.717) is 55.8 Å². The Balaban J connectivity index is 1.27. The lowest BCUT2D eigenvalue weighted by molar-refractivity contribution is -0.136. The molecule has 10 nitrogen and oxygen atoms in total. The van der Waals surface area contributed by atoms with Gasteiger partial charge in [0, 0.05) is 45.4 Å². The molecule has 34 heavy (non-hydrogen) atoms. The van der Waals surface area contributed by atoms with Crippen LogP contribution in [0.1, 0.15) is 53.0 Å². The van der Waals surface area contributed by atoms with Crippen molar-refractivity contribution in [2.75, 3.05) is 13.1 Å². The SMILES string of the molecule is Cn1ccc(CN2CCC(O)(c3ccc4c(n3)CN(C3CCC(=O)NC3=O)C4=O)CC2)cc1=O. The van der Waals surface area contributed by atoms with Gasteiger partial charge in [-0.25, -0.2) is 0 Å². The minimum atomic E-state index is -1.11. The summed E-state index contributed by atoms with van der Waals surface area (Å²) in [4.78, 5) is 56.7. The third-order valence-electron chi connectivity index (χ3n) is 7.11. The van der Waals surface area contributed by atoms with Gasteiger partial charge in [-0.1, -0.05) is 0 Å². The largest absolute Gasteiger partial charge is 0.383 e. The van der Waals surface area contributed by atoms with Crippen LogP contribution in [0.4, 0.5) is 0 Å². The van der Waals surface area contributed by atoms with E-state index in [1.54, 1.807) is 31.4 Å². The zero-order valence-corrected chi connectivity index (χ0v) is 19.0. The second kappa shape index (κ2) is 8.44. The molecule has 5 rings (SSSR count). The van der Waals surface area contributed by atoms with Crippen LogP contribution < -0.4 is 10.9 Å². The standard InChI is InChI=1S/C24H27N5O5/c1-27-9-6-15(12-21(27)31)13-28-10-7-24(34,8-11-28)19-4-2-16-17(25-19)14-29(23(16)33)18-3-5-20(30)26-22(18)32/h2,4,6,9,12,18,34H,3,5,7-8,10-11,13-14H2,1H3,(H,26,30,32). The number of hydrogen-bond acceptors (Lipinski definition) is 7. The Bertz CT molecular complexity index is 1230. The molecule has 0 radical (unpaired) electrons. The molecule has 3 amide bonds. The predicted molar refractivity (Wildman–Crippen MR) is 120 cm³/mol. The fourth-order valence-corrected chi connectivity index (χ4v) is 4.98. The highest BCUT2D eigenvalue weighted by molar-refractivity contribution is 6.05. The number of aromatic nitrogens is 2. The molecular formula is C24H27N5O5. The van der Waals surface area contributed by atoms with Crippen LogP contribution in [0.25, 0.3) is 0 Å². The maximum absolute atomic E-state index is 12.9. The molecule has 0 bridgehead atoms. The number of piperidine rings is 2. The number of hydrogen-bond donors (Lipinski definition) is 2. The first-order chi connectivity index (χ1) is 16.2. The number of pyridine rings is 2. The summed E-state index contributed by atoms with van der Waals surface area (Å²) >= 11 is 0. The van der Waals surface area contributed by atoms with E-state index in [-0.39, 0.29) is 30.3 Å². The first-order valence-electron chi connectivity index (χ1n) is 11.5. The first-order valence-corrected chi connectivity index (χ1v) is 11.5. The van der Waals surface area contributed by atoms with Crippen molar-refractivity contribution in [3.8, 4) is 0 Å². The van der Waals surface area contributed by atoms with Gasteiger partial charge in [-0.15, -0.1) is 0 Å². The Morgan fingerprint density at radius 1 is 1.15 bits per heavy atom. The van der Waals surface area contributed by atoms with Gasteiger partial charge in [-0.2, -0.15) is 0 Å².